The van der Waals surface area contributed by atoms with Gasteiger partial charge in [-0.05, 0) is 30.7 Å². The van der Waals surface area contributed by atoms with Crippen LogP contribution in [0.25, 0.3) is 0 Å². The van der Waals surface area contributed by atoms with Gasteiger partial charge in [0.05, 0.1) is 17.0 Å². The summed E-state index contributed by atoms with van der Waals surface area (Å²) in [7, 11) is 0. The van der Waals surface area contributed by atoms with Gasteiger partial charge in [0.1, 0.15) is 5.82 Å². The van der Waals surface area contributed by atoms with Gasteiger partial charge in [-0.15, -0.1) is 11.3 Å². The highest BCUT2D eigenvalue weighted by Crippen LogP contribution is 2.15. The van der Waals surface area contributed by atoms with Crippen molar-refractivity contribution < 1.29 is 9.90 Å². The van der Waals surface area contributed by atoms with E-state index >= 15 is 0 Å². The van der Waals surface area contributed by atoms with E-state index in [9.17, 15) is 4.79 Å². The summed E-state index contributed by atoms with van der Waals surface area (Å²) in [6, 6.07) is 5.42. The van der Waals surface area contributed by atoms with Crippen LogP contribution in [0.4, 0.5) is 5.82 Å². The van der Waals surface area contributed by atoms with Gasteiger partial charge in [0.15, 0.2) is 0 Å². The number of aliphatic hydroxyl groups excluding tert-OH is 1. The lowest BCUT2D eigenvalue weighted by Crippen LogP contribution is -2.11. The Labute approximate surface area is 121 Å². The van der Waals surface area contributed by atoms with Crippen LogP contribution in [-0.2, 0) is 0 Å². The number of carbonyl (C=O) groups excluding carboxylic acids is 1. The van der Waals surface area contributed by atoms with Crippen molar-refractivity contribution in [1.29, 1.82) is 0 Å². The van der Waals surface area contributed by atoms with Crippen molar-refractivity contribution in [1.82, 2.24) is 4.98 Å². The van der Waals surface area contributed by atoms with E-state index in [2.05, 4.69) is 22.1 Å². The molecule has 0 atom stereocenters. The number of aryl methyl sites for hydroxylation is 1. The molecular weight excluding hydrogens is 272 g/mol. The predicted octanol–water partition coefficient (Wildman–Crippen LogP) is 2.44. The summed E-state index contributed by atoms with van der Waals surface area (Å²) in [6.07, 6.45) is 2.09. The first kappa shape index (κ1) is 14.3. The maximum Gasteiger partial charge on any atom is 0.257 e. The molecule has 2 heterocycles. The molecule has 0 aromatic carbocycles. The summed E-state index contributed by atoms with van der Waals surface area (Å²) in [6.45, 7) is 1.99. The average molecular weight is 286 g/mol. The molecule has 0 aliphatic rings. The summed E-state index contributed by atoms with van der Waals surface area (Å²) in [4.78, 5) is 16.9. The van der Waals surface area contributed by atoms with E-state index in [0.717, 1.165) is 10.4 Å². The molecule has 2 aromatic rings. The molecule has 0 bridgehead atoms. The number of aromatic nitrogens is 1. The van der Waals surface area contributed by atoms with Gasteiger partial charge in [0, 0.05) is 18.0 Å². The average Bonchev–Trinajstić information content (AvgIpc) is 2.88. The lowest BCUT2D eigenvalue weighted by atomic mass is 10.2. The molecule has 20 heavy (non-hydrogen) atoms. The van der Waals surface area contributed by atoms with E-state index in [1.165, 1.54) is 11.3 Å². The lowest BCUT2D eigenvalue weighted by molar-refractivity contribution is 0.102. The molecule has 5 heteroatoms. The number of hydrogen-bond acceptors (Lipinski definition) is 4. The molecule has 0 saturated carbocycles. The van der Waals surface area contributed by atoms with Gasteiger partial charge < -0.3 is 10.4 Å². The Morgan fingerprint density at radius 1 is 1.50 bits per heavy atom. The van der Waals surface area contributed by atoms with Gasteiger partial charge in [-0.25, -0.2) is 4.98 Å². The Bertz CT molecular complexity index is 668. The third-order valence-corrected chi connectivity index (χ3v) is 3.31. The van der Waals surface area contributed by atoms with E-state index in [-0.39, 0.29) is 12.5 Å². The van der Waals surface area contributed by atoms with Crippen LogP contribution in [0.15, 0.2) is 29.8 Å². The zero-order valence-corrected chi connectivity index (χ0v) is 11.8. The zero-order chi connectivity index (χ0) is 14.4. The van der Waals surface area contributed by atoms with Crippen molar-refractivity contribution in [3.63, 3.8) is 0 Å². The molecule has 0 spiro atoms. The van der Waals surface area contributed by atoms with Gasteiger partial charge in [0.25, 0.3) is 5.91 Å². The van der Waals surface area contributed by atoms with Crippen LogP contribution in [0.3, 0.4) is 0 Å². The van der Waals surface area contributed by atoms with Crippen LogP contribution in [0.2, 0.25) is 0 Å². The maximum atomic E-state index is 12.0. The third kappa shape index (κ3) is 3.92. The van der Waals surface area contributed by atoms with Crippen LogP contribution in [0, 0.1) is 18.8 Å². The number of anilines is 1. The Kier molecular flexibility index (Phi) is 4.88. The smallest absolute Gasteiger partial charge is 0.257 e. The molecule has 1 amide bonds. The van der Waals surface area contributed by atoms with Crippen LogP contribution >= 0.6 is 11.3 Å². The van der Waals surface area contributed by atoms with Crippen molar-refractivity contribution in [3.05, 3.63) is 45.8 Å². The van der Waals surface area contributed by atoms with Crippen molar-refractivity contribution in [2.75, 3.05) is 11.9 Å². The number of carbonyl (C=O) groups is 1. The molecule has 0 fully saturated rings. The van der Waals surface area contributed by atoms with Crippen LogP contribution in [0.5, 0.6) is 0 Å². The van der Waals surface area contributed by atoms with Gasteiger partial charge in [-0.2, -0.15) is 0 Å². The Balaban J connectivity index is 2.05. The largest absolute Gasteiger partial charge is 0.395 e. The second-order valence-corrected chi connectivity index (χ2v) is 5.06. The Morgan fingerprint density at radius 2 is 2.35 bits per heavy atom. The fourth-order valence-corrected chi connectivity index (χ4v) is 2.27. The van der Waals surface area contributed by atoms with Crippen LogP contribution in [0.1, 0.15) is 27.2 Å². The predicted molar refractivity (Wildman–Crippen MR) is 79.8 cm³/mol. The minimum absolute atomic E-state index is 0.0464. The molecular formula is C15H14N2O2S. The van der Waals surface area contributed by atoms with E-state index in [0.29, 0.717) is 17.8 Å². The molecule has 2 rings (SSSR count). The Morgan fingerprint density at radius 3 is 3.10 bits per heavy atom. The number of amides is 1. The first-order valence-electron chi connectivity index (χ1n) is 6.11. The molecule has 102 valence electrons. The van der Waals surface area contributed by atoms with E-state index in [1.54, 1.807) is 17.6 Å². The van der Waals surface area contributed by atoms with E-state index in [4.69, 9.17) is 5.11 Å². The molecule has 0 saturated heterocycles. The zero-order valence-electron chi connectivity index (χ0n) is 11.0. The van der Waals surface area contributed by atoms with Crippen LogP contribution < -0.4 is 5.32 Å². The van der Waals surface area contributed by atoms with Crippen molar-refractivity contribution in [2.24, 2.45) is 0 Å². The number of hydrogen-bond donors (Lipinski definition) is 2. The summed E-state index contributed by atoms with van der Waals surface area (Å²) < 4.78 is 0. The topological polar surface area (TPSA) is 62.2 Å². The molecule has 4 nitrogen and oxygen atoms in total. The summed E-state index contributed by atoms with van der Waals surface area (Å²) in [5.41, 5.74) is 1.60. The fourth-order valence-electron chi connectivity index (χ4n) is 1.52. The van der Waals surface area contributed by atoms with Crippen molar-refractivity contribution in [3.8, 4) is 11.8 Å². The highest BCUT2D eigenvalue weighted by Gasteiger charge is 2.09. The minimum atomic E-state index is -0.199. The summed E-state index contributed by atoms with van der Waals surface area (Å²) >= 11 is 1.41. The number of aliphatic hydroxyl groups is 1. The summed E-state index contributed by atoms with van der Waals surface area (Å²) in [5, 5.41) is 13.2. The number of rotatable bonds is 3. The Hall–Kier alpha value is -2.16. The van der Waals surface area contributed by atoms with Crippen molar-refractivity contribution >= 4 is 23.1 Å². The van der Waals surface area contributed by atoms with Crippen molar-refractivity contribution in [2.45, 2.75) is 13.3 Å². The van der Waals surface area contributed by atoms with E-state index in [1.807, 2.05) is 19.1 Å². The fraction of sp³-hybridized carbons (Fsp3) is 0.200. The highest BCUT2D eigenvalue weighted by molar-refractivity contribution is 7.10. The van der Waals surface area contributed by atoms with E-state index < -0.39 is 0 Å². The minimum Gasteiger partial charge on any atom is -0.395 e. The molecule has 2 N–H and O–H groups in total. The first-order chi connectivity index (χ1) is 9.69. The maximum absolute atomic E-state index is 12.0. The number of pyridine rings is 1. The lowest BCUT2D eigenvalue weighted by Gasteiger charge is -2.02. The van der Waals surface area contributed by atoms with Crippen LogP contribution in [-0.4, -0.2) is 22.6 Å². The van der Waals surface area contributed by atoms with Gasteiger partial charge in [0.2, 0.25) is 0 Å². The first-order valence-corrected chi connectivity index (χ1v) is 6.99. The normalized spacial score (nSPS) is 9.70. The van der Waals surface area contributed by atoms with Gasteiger partial charge >= 0.3 is 0 Å². The molecule has 0 unspecified atom stereocenters. The quantitative estimate of drug-likeness (QED) is 0.852. The molecule has 0 aliphatic carbocycles. The number of thiophene rings is 1. The molecule has 0 aliphatic heterocycles. The van der Waals surface area contributed by atoms with Gasteiger partial charge in [-0.3, -0.25) is 4.79 Å². The summed E-state index contributed by atoms with van der Waals surface area (Å²) in [5.74, 6) is 6.07. The molecule has 0 radical (unpaired) electrons. The number of nitrogens with one attached hydrogen (secondary N) is 1. The number of nitrogens with zero attached hydrogens (tertiary/aromatic N) is 1. The second-order valence-electron chi connectivity index (χ2n) is 4.15. The van der Waals surface area contributed by atoms with Gasteiger partial charge in [-0.1, -0.05) is 11.8 Å². The SMILES string of the molecule is Cc1ccnc(NC(=O)c2csc(C#CCCO)c2)c1. The second kappa shape index (κ2) is 6.85. The molecule has 2 aromatic heterocycles. The monoisotopic (exact) mass is 286 g/mol. The highest BCUT2D eigenvalue weighted by atomic mass is 32.1. The third-order valence-electron chi connectivity index (χ3n) is 2.47. The standard InChI is InChI=1S/C15H14N2O2S/c1-11-5-6-16-14(8-11)17-15(19)12-9-13(20-10-12)4-2-3-7-18/h5-6,8-10,18H,3,7H2,1H3,(H,16,17,19).